The van der Waals surface area contributed by atoms with E-state index in [1.807, 2.05) is 20.8 Å². The molecule has 21 heavy (non-hydrogen) atoms. The number of hydrogen-bond acceptors (Lipinski definition) is 3. The molecule has 0 unspecified atom stereocenters. The van der Waals surface area contributed by atoms with Crippen LogP contribution in [0.5, 0.6) is 0 Å². The molecule has 1 N–H and O–H groups in total. The lowest BCUT2D eigenvalue weighted by atomic mass is 9.83. The normalized spacial score (nSPS) is 23.0. The van der Waals surface area contributed by atoms with Crippen LogP contribution in [0.4, 0.5) is 5.82 Å². The first-order valence-electron chi connectivity index (χ1n) is 8.26. The lowest BCUT2D eigenvalue weighted by Crippen LogP contribution is -2.37. The molecular formula is C17H29N3O. The van der Waals surface area contributed by atoms with E-state index < -0.39 is 0 Å². The minimum atomic E-state index is -0.213. The molecule has 1 aliphatic rings. The highest BCUT2D eigenvalue weighted by molar-refractivity contribution is 5.32. The topological polar surface area (TPSA) is 46.9 Å². The summed E-state index contributed by atoms with van der Waals surface area (Å²) in [5, 5.41) is 3.38. The van der Waals surface area contributed by atoms with Gasteiger partial charge in [0.1, 0.15) is 0 Å². The van der Waals surface area contributed by atoms with E-state index in [2.05, 4.69) is 17.2 Å². The second kappa shape index (κ2) is 6.63. The van der Waals surface area contributed by atoms with E-state index in [1.165, 1.54) is 25.7 Å². The molecule has 0 saturated heterocycles. The van der Waals surface area contributed by atoms with Gasteiger partial charge in [0, 0.05) is 24.0 Å². The highest BCUT2D eigenvalue weighted by Crippen LogP contribution is 2.28. The minimum Gasteiger partial charge on any atom is -0.363 e. The van der Waals surface area contributed by atoms with Crippen LogP contribution in [0, 0.1) is 5.92 Å². The van der Waals surface area contributed by atoms with Gasteiger partial charge in [-0.3, -0.25) is 4.79 Å². The lowest BCUT2D eigenvalue weighted by molar-refractivity contribution is 0.318. The molecule has 0 radical (unpaired) electrons. The summed E-state index contributed by atoms with van der Waals surface area (Å²) in [6, 6.07) is 0.397. The molecule has 1 aromatic heterocycles. The van der Waals surface area contributed by atoms with Gasteiger partial charge < -0.3 is 9.88 Å². The minimum absolute atomic E-state index is 0.0133. The van der Waals surface area contributed by atoms with Crippen molar-refractivity contribution in [2.45, 2.75) is 77.8 Å². The Bertz CT molecular complexity index is 508. The van der Waals surface area contributed by atoms with E-state index in [0.717, 1.165) is 18.8 Å². The maximum absolute atomic E-state index is 12.5. The molecule has 1 heterocycles. The number of nitrogens with one attached hydrogen (secondary N) is 1. The Hall–Kier alpha value is -1.32. The molecule has 0 aromatic carbocycles. The van der Waals surface area contributed by atoms with Gasteiger partial charge in [0.2, 0.25) is 0 Å². The summed E-state index contributed by atoms with van der Waals surface area (Å²) in [6.45, 7) is 8.36. The summed E-state index contributed by atoms with van der Waals surface area (Å²) in [7, 11) is 0. The third-order valence-electron chi connectivity index (χ3n) is 4.45. The van der Waals surface area contributed by atoms with E-state index in [9.17, 15) is 4.79 Å². The first-order chi connectivity index (χ1) is 9.91. The van der Waals surface area contributed by atoms with E-state index in [0.29, 0.717) is 11.9 Å². The van der Waals surface area contributed by atoms with Crippen molar-refractivity contribution in [3.8, 4) is 0 Å². The Labute approximate surface area is 128 Å². The molecule has 1 aliphatic carbocycles. The van der Waals surface area contributed by atoms with Crippen molar-refractivity contribution in [1.82, 2.24) is 9.55 Å². The maximum atomic E-state index is 12.5. The van der Waals surface area contributed by atoms with Crippen LogP contribution < -0.4 is 10.9 Å². The second-order valence-electron chi connectivity index (χ2n) is 7.27. The molecule has 1 saturated carbocycles. The summed E-state index contributed by atoms with van der Waals surface area (Å²) in [5.74, 6) is 1.38. The monoisotopic (exact) mass is 291 g/mol. The highest BCUT2D eigenvalue weighted by Gasteiger charge is 2.22. The van der Waals surface area contributed by atoms with Gasteiger partial charge in [-0.05, 0) is 52.4 Å². The van der Waals surface area contributed by atoms with Crippen LogP contribution in [0.25, 0.3) is 0 Å². The van der Waals surface area contributed by atoms with Gasteiger partial charge in [0.25, 0.3) is 5.56 Å². The third kappa shape index (κ3) is 4.08. The summed E-state index contributed by atoms with van der Waals surface area (Å²) < 4.78 is 1.76. The largest absolute Gasteiger partial charge is 0.363 e. The van der Waals surface area contributed by atoms with Crippen LogP contribution in [0.3, 0.4) is 0 Å². The summed E-state index contributed by atoms with van der Waals surface area (Å²) in [5.41, 5.74) is -0.226. The fraction of sp³-hybridized carbons (Fsp3) is 0.765. The second-order valence-corrected chi connectivity index (χ2v) is 7.27. The molecule has 0 amide bonds. The summed E-state index contributed by atoms with van der Waals surface area (Å²) >= 11 is 0. The Kier molecular flexibility index (Phi) is 5.07. The van der Waals surface area contributed by atoms with Crippen LogP contribution >= 0.6 is 0 Å². The van der Waals surface area contributed by atoms with E-state index in [1.54, 1.807) is 17.0 Å². The van der Waals surface area contributed by atoms with Gasteiger partial charge in [-0.2, -0.15) is 0 Å². The molecule has 0 atom stereocenters. The molecule has 0 aliphatic heterocycles. The Morgan fingerprint density at radius 2 is 1.95 bits per heavy atom. The zero-order valence-electron chi connectivity index (χ0n) is 13.9. The summed E-state index contributed by atoms with van der Waals surface area (Å²) in [4.78, 5) is 16.8. The van der Waals surface area contributed by atoms with Gasteiger partial charge in [-0.1, -0.05) is 19.8 Å². The molecule has 4 nitrogen and oxygen atoms in total. The quantitative estimate of drug-likeness (QED) is 0.918. The SMILES string of the molecule is CCCC1CCC(Nc2nccn(C(C)(C)C)c2=O)CC1. The number of aromatic nitrogens is 2. The van der Waals surface area contributed by atoms with Crippen molar-refractivity contribution in [3.05, 3.63) is 22.7 Å². The Balaban J connectivity index is 2.03. The van der Waals surface area contributed by atoms with Crippen molar-refractivity contribution in [2.75, 3.05) is 5.32 Å². The van der Waals surface area contributed by atoms with E-state index in [-0.39, 0.29) is 11.1 Å². The molecular weight excluding hydrogens is 262 g/mol. The lowest BCUT2D eigenvalue weighted by Gasteiger charge is -2.29. The molecule has 0 spiro atoms. The average Bonchev–Trinajstić information content (AvgIpc) is 2.42. The van der Waals surface area contributed by atoms with Crippen LogP contribution in [-0.4, -0.2) is 15.6 Å². The van der Waals surface area contributed by atoms with Gasteiger partial charge in [0.05, 0.1) is 0 Å². The summed E-state index contributed by atoms with van der Waals surface area (Å²) in [6.07, 6.45) is 10.9. The number of nitrogens with zero attached hydrogens (tertiary/aromatic N) is 2. The average molecular weight is 291 g/mol. The first kappa shape index (κ1) is 16.1. The molecule has 118 valence electrons. The fourth-order valence-electron chi connectivity index (χ4n) is 3.24. The van der Waals surface area contributed by atoms with E-state index >= 15 is 0 Å². The molecule has 1 aromatic rings. The maximum Gasteiger partial charge on any atom is 0.293 e. The van der Waals surface area contributed by atoms with Crippen molar-refractivity contribution in [2.24, 2.45) is 5.92 Å². The van der Waals surface area contributed by atoms with Crippen molar-refractivity contribution < 1.29 is 0 Å². The van der Waals surface area contributed by atoms with Crippen LogP contribution in [0.2, 0.25) is 0 Å². The predicted molar refractivity (Wildman–Crippen MR) is 87.8 cm³/mol. The zero-order valence-corrected chi connectivity index (χ0v) is 13.9. The number of anilines is 1. The molecule has 1 fully saturated rings. The van der Waals surface area contributed by atoms with Gasteiger partial charge >= 0.3 is 0 Å². The standard InChI is InChI=1S/C17H29N3O/c1-5-6-13-7-9-14(10-8-13)19-15-16(21)20(12-11-18-15)17(2,3)4/h11-14H,5-10H2,1-4H3,(H,18,19). The highest BCUT2D eigenvalue weighted by atomic mass is 16.1. The smallest absolute Gasteiger partial charge is 0.293 e. The van der Waals surface area contributed by atoms with Crippen LogP contribution in [-0.2, 0) is 5.54 Å². The molecule has 2 rings (SSSR count). The molecule has 4 heteroatoms. The zero-order chi connectivity index (χ0) is 15.5. The van der Waals surface area contributed by atoms with E-state index in [4.69, 9.17) is 0 Å². The van der Waals surface area contributed by atoms with Crippen molar-refractivity contribution in [3.63, 3.8) is 0 Å². The Morgan fingerprint density at radius 3 is 2.52 bits per heavy atom. The van der Waals surface area contributed by atoms with Crippen molar-refractivity contribution in [1.29, 1.82) is 0 Å². The number of rotatable bonds is 4. The van der Waals surface area contributed by atoms with Gasteiger partial charge in [-0.25, -0.2) is 4.98 Å². The van der Waals surface area contributed by atoms with Gasteiger partial charge in [0.15, 0.2) is 5.82 Å². The van der Waals surface area contributed by atoms with Crippen LogP contribution in [0.15, 0.2) is 17.2 Å². The molecule has 0 bridgehead atoms. The third-order valence-corrected chi connectivity index (χ3v) is 4.45. The number of hydrogen-bond donors (Lipinski definition) is 1. The van der Waals surface area contributed by atoms with Crippen molar-refractivity contribution >= 4 is 5.82 Å². The predicted octanol–water partition coefficient (Wildman–Crippen LogP) is 3.77. The van der Waals surface area contributed by atoms with Gasteiger partial charge in [-0.15, -0.1) is 0 Å². The Morgan fingerprint density at radius 1 is 1.29 bits per heavy atom. The fourth-order valence-corrected chi connectivity index (χ4v) is 3.24. The first-order valence-corrected chi connectivity index (χ1v) is 8.26. The van der Waals surface area contributed by atoms with Crippen LogP contribution in [0.1, 0.15) is 66.2 Å².